The summed E-state index contributed by atoms with van der Waals surface area (Å²) in [6, 6.07) is 10.1. The second-order valence-corrected chi connectivity index (χ2v) is 7.47. The summed E-state index contributed by atoms with van der Waals surface area (Å²) in [5, 5.41) is 15.6. The highest BCUT2D eigenvalue weighted by atomic mass is 35.5. The Bertz CT molecular complexity index is 1210. The second kappa shape index (κ2) is 8.56. The smallest absolute Gasteiger partial charge is 0.288 e. The predicted octanol–water partition coefficient (Wildman–Crippen LogP) is 5.20. The van der Waals surface area contributed by atoms with Gasteiger partial charge < -0.3 is 0 Å². The molecular formula is C18H14Cl2N6O2S. The van der Waals surface area contributed by atoms with Crippen molar-refractivity contribution in [1.82, 2.24) is 14.4 Å². The van der Waals surface area contributed by atoms with Gasteiger partial charge in [0.2, 0.25) is 0 Å². The topological polar surface area (TPSA) is 97.7 Å². The number of hydrogen-bond acceptors (Lipinski definition) is 7. The molecule has 3 aromatic heterocycles. The number of nitrogens with zero attached hydrogens (tertiary/aromatic N) is 5. The van der Waals surface area contributed by atoms with E-state index >= 15 is 0 Å². The fraction of sp³-hybridized carbons (Fsp3) is 0.0556. The molecule has 4 rings (SSSR count). The van der Waals surface area contributed by atoms with E-state index in [-0.39, 0.29) is 23.1 Å². The van der Waals surface area contributed by atoms with Crippen molar-refractivity contribution in [2.75, 3.05) is 5.43 Å². The molecule has 0 aliphatic heterocycles. The number of imidazole rings is 1. The molecule has 1 aromatic carbocycles. The highest BCUT2D eigenvalue weighted by Crippen LogP contribution is 2.33. The molecule has 0 aliphatic rings. The van der Waals surface area contributed by atoms with Crippen LogP contribution >= 0.6 is 35.3 Å². The van der Waals surface area contributed by atoms with Gasteiger partial charge in [-0.3, -0.25) is 19.9 Å². The number of benzene rings is 1. The molecule has 0 spiro atoms. The summed E-state index contributed by atoms with van der Waals surface area (Å²) in [6.45, 7) is 1.99. The van der Waals surface area contributed by atoms with Crippen molar-refractivity contribution in [2.45, 2.75) is 6.92 Å². The molecule has 0 amide bonds. The van der Waals surface area contributed by atoms with Crippen LogP contribution < -0.4 is 5.43 Å². The van der Waals surface area contributed by atoms with Gasteiger partial charge in [-0.1, -0.05) is 23.7 Å². The maximum absolute atomic E-state index is 11.2. The molecule has 1 N–H and O–H groups in total. The Morgan fingerprint density at radius 2 is 2.17 bits per heavy atom. The molecule has 0 saturated carbocycles. The Labute approximate surface area is 180 Å². The van der Waals surface area contributed by atoms with Crippen LogP contribution in [0.4, 0.5) is 11.5 Å². The van der Waals surface area contributed by atoms with Crippen molar-refractivity contribution < 1.29 is 4.92 Å². The number of aromatic nitrogens is 3. The highest BCUT2D eigenvalue weighted by Gasteiger charge is 2.19. The van der Waals surface area contributed by atoms with E-state index in [1.54, 1.807) is 24.5 Å². The maximum atomic E-state index is 11.2. The zero-order valence-corrected chi connectivity index (χ0v) is 17.3. The predicted molar refractivity (Wildman–Crippen MR) is 118 cm³/mol. The van der Waals surface area contributed by atoms with Gasteiger partial charge in [-0.15, -0.1) is 23.7 Å². The van der Waals surface area contributed by atoms with E-state index in [1.165, 1.54) is 23.5 Å². The van der Waals surface area contributed by atoms with Crippen LogP contribution in [0.1, 0.15) is 10.6 Å². The molecule has 0 aliphatic carbocycles. The van der Waals surface area contributed by atoms with E-state index in [4.69, 9.17) is 11.6 Å². The fourth-order valence-corrected chi connectivity index (χ4v) is 3.72. The lowest BCUT2D eigenvalue weighted by Gasteiger charge is -2.02. The molecule has 11 heteroatoms. The Morgan fingerprint density at radius 3 is 2.90 bits per heavy atom. The summed E-state index contributed by atoms with van der Waals surface area (Å²) >= 11 is 7.46. The number of nitrogens with one attached hydrogen (secondary N) is 1. The molecule has 0 atom stereocenters. The summed E-state index contributed by atoms with van der Waals surface area (Å²) in [5.41, 5.74) is 4.56. The van der Waals surface area contributed by atoms with Crippen molar-refractivity contribution in [1.29, 1.82) is 0 Å². The summed E-state index contributed by atoms with van der Waals surface area (Å²) in [5.74, 6) is 0.602. The van der Waals surface area contributed by atoms with Gasteiger partial charge in [0.1, 0.15) is 10.8 Å². The number of hydrazone groups is 1. The normalized spacial score (nSPS) is 11.0. The molecule has 8 nitrogen and oxygen atoms in total. The molecule has 0 bridgehead atoms. The van der Waals surface area contributed by atoms with E-state index in [0.717, 1.165) is 9.84 Å². The fourth-order valence-electron chi connectivity index (χ4n) is 2.70. The molecule has 0 unspecified atom stereocenters. The number of nitro benzene ring substituents is 1. The first-order valence-corrected chi connectivity index (χ1v) is 9.35. The minimum atomic E-state index is -0.509. The van der Waals surface area contributed by atoms with Gasteiger partial charge in [-0.05, 0) is 25.1 Å². The molecule has 0 radical (unpaired) electrons. The molecule has 148 valence electrons. The number of nitro groups is 1. The van der Waals surface area contributed by atoms with Crippen molar-refractivity contribution in [3.05, 3.63) is 74.5 Å². The van der Waals surface area contributed by atoms with E-state index < -0.39 is 4.92 Å². The lowest BCUT2D eigenvalue weighted by molar-refractivity contribution is -0.384. The Hall–Kier alpha value is -3.01. The van der Waals surface area contributed by atoms with Gasteiger partial charge in [-0.25, -0.2) is 9.97 Å². The van der Waals surface area contributed by atoms with Gasteiger partial charge in [0, 0.05) is 28.9 Å². The Kier molecular flexibility index (Phi) is 6.12. The SMILES string of the molecule is Cc1cn2c(/C=N/Nc3ccccn3)c(-c3ccc(Cl)c([N+](=O)[O-])c3)nc2s1.Cl. The van der Waals surface area contributed by atoms with Gasteiger partial charge >= 0.3 is 0 Å². The first kappa shape index (κ1) is 20.7. The Morgan fingerprint density at radius 1 is 1.34 bits per heavy atom. The molecule has 0 saturated heterocycles. The average Bonchev–Trinajstić information content (AvgIpc) is 3.19. The molecule has 3 heterocycles. The third kappa shape index (κ3) is 4.21. The number of aryl methyl sites for hydroxylation is 1. The summed E-state index contributed by atoms with van der Waals surface area (Å²) in [6.07, 6.45) is 5.23. The quantitative estimate of drug-likeness (QED) is 0.257. The summed E-state index contributed by atoms with van der Waals surface area (Å²) in [7, 11) is 0. The minimum Gasteiger partial charge on any atom is -0.288 e. The summed E-state index contributed by atoms with van der Waals surface area (Å²) in [4.78, 5) is 21.4. The van der Waals surface area contributed by atoms with Crippen LogP contribution in [0.15, 0.2) is 53.9 Å². The minimum absolute atomic E-state index is 0. The number of fused-ring (bicyclic) bond motifs is 1. The number of rotatable bonds is 5. The van der Waals surface area contributed by atoms with Crippen LogP contribution in [0, 0.1) is 17.0 Å². The highest BCUT2D eigenvalue weighted by molar-refractivity contribution is 7.17. The van der Waals surface area contributed by atoms with Crippen molar-refractivity contribution in [3.8, 4) is 11.3 Å². The maximum Gasteiger partial charge on any atom is 0.288 e. The number of thiazole rings is 1. The zero-order valence-electron chi connectivity index (χ0n) is 14.9. The number of pyridine rings is 1. The van der Waals surface area contributed by atoms with Crippen molar-refractivity contribution >= 4 is 58.0 Å². The number of hydrogen-bond donors (Lipinski definition) is 1. The van der Waals surface area contributed by atoms with Crippen LogP contribution in [-0.4, -0.2) is 25.5 Å². The zero-order chi connectivity index (χ0) is 19.7. The molecule has 29 heavy (non-hydrogen) atoms. The molecule has 0 fully saturated rings. The average molecular weight is 449 g/mol. The van der Waals surface area contributed by atoms with Crippen LogP contribution in [0.2, 0.25) is 5.02 Å². The van der Waals surface area contributed by atoms with Crippen LogP contribution in [-0.2, 0) is 0 Å². The monoisotopic (exact) mass is 448 g/mol. The second-order valence-electron chi connectivity index (χ2n) is 5.85. The van der Waals surface area contributed by atoms with E-state index in [9.17, 15) is 10.1 Å². The van der Waals surface area contributed by atoms with E-state index in [0.29, 0.717) is 22.8 Å². The van der Waals surface area contributed by atoms with Crippen LogP contribution in [0.25, 0.3) is 16.2 Å². The summed E-state index contributed by atoms with van der Waals surface area (Å²) < 4.78 is 1.90. The van der Waals surface area contributed by atoms with E-state index in [2.05, 4.69) is 20.5 Å². The van der Waals surface area contributed by atoms with Gasteiger partial charge in [0.15, 0.2) is 4.96 Å². The third-order valence-corrected chi connectivity index (χ3v) is 5.14. The third-order valence-electron chi connectivity index (χ3n) is 3.93. The lowest BCUT2D eigenvalue weighted by Crippen LogP contribution is -1.97. The molecular weight excluding hydrogens is 435 g/mol. The standard InChI is InChI=1S/C18H13ClN6O2S.ClH/c1-11-10-24-15(9-21-23-16-4-2-3-7-20-16)17(22-18(24)28-11)12-5-6-13(19)14(8-12)25(26)27;/h2-10H,1H3,(H,20,23);1H/b21-9+;. The first-order valence-electron chi connectivity index (χ1n) is 8.16. The van der Waals surface area contributed by atoms with Gasteiger partial charge in [-0.2, -0.15) is 5.10 Å². The van der Waals surface area contributed by atoms with Gasteiger partial charge in [0.25, 0.3) is 5.69 Å². The van der Waals surface area contributed by atoms with E-state index in [1.807, 2.05) is 29.7 Å². The largest absolute Gasteiger partial charge is 0.288 e. The molecule has 4 aromatic rings. The van der Waals surface area contributed by atoms with Crippen LogP contribution in [0.5, 0.6) is 0 Å². The number of anilines is 1. The number of halogens is 2. The van der Waals surface area contributed by atoms with Gasteiger partial charge in [0.05, 0.1) is 22.5 Å². The van der Waals surface area contributed by atoms with Crippen molar-refractivity contribution in [3.63, 3.8) is 0 Å². The van der Waals surface area contributed by atoms with Crippen LogP contribution in [0.3, 0.4) is 0 Å². The Balaban J connectivity index is 0.00000240. The first-order chi connectivity index (χ1) is 13.5. The van der Waals surface area contributed by atoms with Crippen molar-refractivity contribution in [2.24, 2.45) is 5.10 Å². The lowest BCUT2D eigenvalue weighted by atomic mass is 10.1.